The van der Waals surface area contributed by atoms with Crippen molar-refractivity contribution >= 4 is 34.5 Å². The van der Waals surface area contributed by atoms with Gasteiger partial charge in [-0.3, -0.25) is 4.79 Å². The van der Waals surface area contributed by atoms with Gasteiger partial charge in [-0.15, -0.1) is 11.3 Å². The van der Waals surface area contributed by atoms with Crippen LogP contribution in [-0.4, -0.2) is 17.5 Å². The Hall–Kier alpha value is -1.63. The number of halogens is 1. The van der Waals surface area contributed by atoms with Crippen molar-refractivity contribution in [1.82, 2.24) is 4.98 Å². The molecule has 1 heterocycles. The number of anilines is 1. The van der Waals surface area contributed by atoms with Gasteiger partial charge in [0.2, 0.25) is 0 Å². The third-order valence-corrected chi connectivity index (χ3v) is 3.89. The van der Waals surface area contributed by atoms with Crippen LogP contribution in [0.4, 0.5) is 5.69 Å². The van der Waals surface area contributed by atoms with Gasteiger partial charge in [0.15, 0.2) is 0 Å². The van der Waals surface area contributed by atoms with Crippen molar-refractivity contribution in [1.29, 1.82) is 0 Å². The van der Waals surface area contributed by atoms with Gasteiger partial charge in [-0.1, -0.05) is 25.4 Å². The predicted octanol–water partition coefficient (Wildman–Crippen LogP) is 3.54. The molecule has 1 aromatic heterocycles. The number of nitrogens with one attached hydrogen (secondary N) is 1. The number of nitrogens with zero attached hydrogens (tertiary/aromatic N) is 1. The normalized spacial score (nSPS) is 10.8. The Morgan fingerprint density at radius 2 is 2.27 bits per heavy atom. The summed E-state index contributed by atoms with van der Waals surface area (Å²) in [5.41, 5.74) is 6.43. The van der Waals surface area contributed by atoms with E-state index in [4.69, 9.17) is 22.1 Å². The van der Waals surface area contributed by atoms with Crippen LogP contribution in [0.25, 0.3) is 0 Å². The first kappa shape index (κ1) is 16.7. The molecule has 0 atom stereocenters. The van der Waals surface area contributed by atoms with Crippen molar-refractivity contribution in [2.24, 2.45) is 11.7 Å². The van der Waals surface area contributed by atoms with Crippen LogP contribution in [0.15, 0.2) is 23.6 Å². The lowest BCUT2D eigenvalue weighted by Gasteiger charge is -2.11. The molecule has 2 rings (SSSR count). The van der Waals surface area contributed by atoms with E-state index >= 15 is 0 Å². The van der Waals surface area contributed by atoms with Gasteiger partial charge < -0.3 is 15.8 Å². The molecule has 0 spiro atoms. The van der Waals surface area contributed by atoms with E-state index in [1.165, 1.54) is 11.3 Å². The summed E-state index contributed by atoms with van der Waals surface area (Å²) in [6, 6.07) is 5.15. The molecule has 0 saturated heterocycles. The van der Waals surface area contributed by atoms with Gasteiger partial charge >= 0.3 is 0 Å². The largest absolute Gasteiger partial charge is 0.492 e. The molecule has 0 unspecified atom stereocenters. The molecular formula is C15H18ClN3O2S. The zero-order valence-corrected chi connectivity index (χ0v) is 14.0. The third kappa shape index (κ3) is 4.43. The monoisotopic (exact) mass is 339 g/mol. The summed E-state index contributed by atoms with van der Waals surface area (Å²) >= 11 is 7.52. The molecule has 0 fully saturated rings. The van der Waals surface area contributed by atoms with Crippen LogP contribution in [0.3, 0.4) is 0 Å². The SMILES string of the molecule is CC(C)COc1ccc(NC(=O)c2csc(CN)n2)cc1Cl. The number of aromatic nitrogens is 1. The highest BCUT2D eigenvalue weighted by atomic mass is 35.5. The van der Waals surface area contributed by atoms with Crippen LogP contribution >= 0.6 is 22.9 Å². The van der Waals surface area contributed by atoms with Gasteiger partial charge in [0.1, 0.15) is 16.5 Å². The number of carbonyl (C=O) groups excluding carboxylic acids is 1. The van der Waals surface area contributed by atoms with Crippen molar-refractivity contribution in [3.8, 4) is 5.75 Å². The van der Waals surface area contributed by atoms with E-state index in [2.05, 4.69) is 24.1 Å². The van der Waals surface area contributed by atoms with Crippen LogP contribution in [0, 0.1) is 5.92 Å². The van der Waals surface area contributed by atoms with Gasteiger partial charge in [0.25, 0.3) is 5.91 Å². The first-order valence-corrected chi connectivity index (χ1v) is 8.13. The number of benzene rings is 1. The predicted molar refractivity (Wildman–Crippen MR) is 89.7 cm³/mol. The van der Waals surface area contributed by atoms with Gasteiger partial charge in [-0.2, -0.15) is 0 Å². The Bertz CT molecular complexity index is 658. The van der Waals surface area contributed by atoms with Crippen molar-refractivity contribution in [3.05, 3.63) is 39.3 Å². The Kier molecular flexibility index (Phi) is 5.76. The highest BCUT2D eigenvalue weighted by Gasteiger charge is 2.12. The molecule has 0 radical (unpaired) electrons. The Morgan fingerprint density at radius 3 is 2.86 bits per heavy atom. The smallest absolute Gasteiger partial charge is 0.275 e. The number of nitrogens with two attached hydrogens (primary N) is 1. The molecular weight excluding hydrogens is 322 g/mol. The van der Waals surface area contributed by atoms with Gasteiger partial charge in [0, 0.05) is 17.6 Å². The van der Waals surface area contributed by atoms with Crippen LogP contribution in [0.2, 0.25) is 5.02 Å². The first-order chi connectivity index (χ1) is 10.5. The zero-order valence-electron chi connectivity index (χ0n) is 12.4. The van der Waals surface area contributed by atoms with E-state index < -0.39 is 0 Å². The summed E-state index contributed by atoms with van der Waals surface area (Å²) in [5, 5.41) is 5.61. The average Bonchev–Trinajstić information content (AvgIpc) is 2.95. The van der Waals surface area contributed by atoms with Gasteiger partial charge in [-0.05, 0) is 24.1 Å². The van der Waals surface area contributed by atoms with E-state index in [9.17, 15) is 4.79 Å². The average molecular weight is 340 g/mol. The zero-order chi connectivity index (χ0) is 16.1. The van der Waals surface area contributed by atoms with Crippen molar-refractivity contribution in [2.75, 3.05) is 11.9 Å². The fraction of sp³-hybridized carbons (Fsp3) is 0.333. The molecule has 2 aromatic rings. The number of thiazole rings is 1. The summed E-state index contributed by atoms with van der Waals surface area (Å²) in [6.07, 6.45) is 0. The summed E-state index contributed by atoms with van der Waals surface area (Å²) in [6.45, 7) is 5.04. The Morgan fingerprint density at radius 1 is 1.50 bits per heavy atom. The van der Waals surface area contributed by atoms with Gasteiger partial charge in [-0.25, -0.2) is 4.98 Å². The summed E-state index contributed by atoms with van der Waals surface area (Å²) < 4.78 is 5.59. The molecule has 0 aliphatic rings. The third-order valence-electron chi connectivity index (χ3n) is 2.72. The molecule has 3 N–H and O–H groups in total. The van der Waals surface area contributed by atoms with Gasteiger partial charge in [0.05, 0.1) is 11.6 Å². The van der Waals surface area contributed by atoms with E-state index in [0.717, 1.165) is 5.01 Å². The highest BCUT2D eigenvalue weighted by Crippen LogP contribution is 2.28. The lowest BCUT2D eigenvalue weighted by atomic mass is 10.2. The lowest BCUT2D eigenvalue weighted by molar-refractivity contribution is 0.102. The standard InChI is InChI=1S/C15H18ClN3O2S/c1-9(2)7-21-13-4-3-10(5-11(13)16)18-15(20)12-8-22-14(6-17)19-12/h3-5,8-9H,6-7,17H2,1-2H3,(H,18,20). The first-order valence-electron chi connectivity index (χ1n) is 6.87. The number of ether oxygens (including phenoxy) is 1. The topological polar surface area (TPSA) is 77.2 Å². The molecule has 0 saturated carbocycles. The Balaban J connectivity index is 2.03. The van der Waals surface area contributed by atoms with E-state index in [0.29, 0.717) is 41.2 Å². The number of hydrogen-bond acceptors (Lipinski definition) is 5. The summed E-state index contributed by atoms with van der Waals surface area (Å²) in [5.74, 6) is 0.729. The molecule has 7 heteroatoms. The molecule has 1 amide bonds. The second-order valence-electron chi connectivity index (χ2n) is 5.13. The fourth-order valence-electron chi connectivity index (χ4n) is 1.66. The second kappa shape index (κ2) is 7.58. The lowest BCUT2D eigenvalue weighted by Crippen LogP contribution is -2.13. The molecule has 5 nitrogen and oxygen atoms in total. The molecule has 0 aliphatic carbocycles. The summed E-state index contributed by atoms with van der Waals surface area (Å²) in [7, 11) is 0. The van der Waals surface area contributed by atoms with Crippen LogP contribution < -0.4 is 15.8 Å². The highest BCUT2D eigenvalue weighted by molar-refractivity contribution is 7.09. The van der Waals surface area contributed by atoms with Crippen molar-refractivity contribution < 1.29 is 9.53 Å². The van der Waals surface area contributed by atoms with E-state index in [1.807, 2.05) is 0 Å². The fourth-order valence-corrected chi connectivity index (χ4v) is 2.55. The van der Waals surface area contributed by atoms with Crippen LogP contribution in [-0.2, 0) is 6.54 Å². The number of carbonyl (C=O) groups is 1. The maximum absolute atomic E-state index is 12.1. The van der Waals surface area contributed by atoms with Crippen molar-refractivity contribution in [3.63, 3.8) is 0 Å². The minimum absolute atomic E-state index is 0.289. The number of rotatable bonds is 6. The number of amides is 1. The Labute approximate surface area is 138 Å². The number of hydrogen-bond donors (Lipinski definition) is 2. The maximum Gasteiger partial charge on any atom is 0.275 e. The molecule has 22 heavy (non-hydrogen) atoms. The summed E-state index contributed by atoms with van der Waals surface area (Å²) in [4.78, 5) is 16.2. The minimum atomic E-state index is -0.289. The second-order valence-corrected chi connectivity index (χ2v) is 6.48. The van der Waals surface area contributed by atoms with E-state index in [1.54, 1.807) is 23.6 Å². The molecule has 0 aliphatic heterocycles. The van der Waals surface area contributed by atoms with Crippen LogP contribution in [0.1, 0.15) is 29.3 Å². The quantitative estimate of drug-likeness (QED) is 0.843. The molecule has 118 valence electrons. The molecule has 1 aromatic carbocycles. The van der Waals surface area contributed by atoms with Crippen molar-refractivity contribution in [2.45, 2.75) is 20.4 Å². The van der Waals surface area contributed by atoms with Crippen LogP contribution in [0.5, 0.6) is 5.75 Å². The van der Waals surface area contributed by atoms with E-state index in [-0.39, 0.29) is 5.91 Å². The minimum Gasteiger partial charge on any atom is -0.492 e. The maximum atomic E-state index is 12.1. The molecule has 0 bridgehead atoms.